The van der Waals surface area contributed by atoms with Gasteiger partial charge in [-0.1, -0.05) is 0 Å². The first-order valence-corrected chi connectivity index (χ1v) is 11.3. The van der Waals surface area contributed by atoms with E-state index in [4.69, 9.17) is 14.2 Å². The van der Waals surface area contributed by atoms with Crippen LogP contribution >= 0.6 is 0 Å². The van der Waals surface area contributed by atoms with E-state index in [9.17, 15) is 13.2 Å². The predicted molar refractivity (Wildman–Crippen MR) is 120 cm³/mol. The number of methoxy groups -OCH3 is 2. The molecule has 0 saturated heterocycles. The summed E-state index contributed by atoms with van der Waals surface area (Å²) in [6.45, 7) is 3.71. The van der Waals surface area contributed by atoms with E-state index >= 15 is 0 Å². The lowest BCUT2D eigenvalue weighted by Crippen LogP contribution is -2.39. The first-order valence-electron chi connectivity index (χ1n) is 9.45. The van der Waals surface area contributed by atoms with Crippen LogP contribution in [0.3, 0.4) is 0 Å². The van der Waals surface area contributed by atoms with E-state index in [0.717, 1.165) is 21.9 Å². The number of carbonyl (C=O) groups excluding carboxylic acids is 1. The highest BCUT2D eigenvalue weighted by Gasteiger charge is 2.24. The molecule has 1 amide bonds. The lowest BCUT2D eigenvalue weighted by Gasteiger charge is -2.23. The second-order valence-electron chi connectivity index (χ2n) is 6.50. The van der Waals surface area contributed by atoms with E-state index in [1.54, 1.807) is 31.2 Å². The maximum absolute atomic E-state index is 12.5. The maximum Gasteiger partial charge on any atom is 0.260 e. The zero-order valence-electron chi connectivity index (χ0n) is 18.2. The summed E-state index contributed by atoms with van der Waals surface area (Å²) in [7, 11) is -0.924. The molecular weight excluding hydrogens is 422 g/mol. The third-order valence-corrected chi connectivity index (χ3v) is 5.40. The SMILES string of the molecule is CCOc1ccc(/C(C)=N\NC(=O)CN(c2cc(OC)ccc2OC)S(C)(=O)=O)cc1. The number of nitrogens with one attached hydrogen (secondary N) is 1. The monoisotopic (exact) mass is 449 g/mol. The van der Waals surface area contributed by atoms with Gasteiger partial charge < -0.3 is 14.2 Å². The molecule has 0 heterocycles. The smallest absolute Gasteiger partial charge is 0.260 e. The number of hydrazone groups is 1. The van der Waals surface area contributed by atoms with Gasteiger partial charge in [0, 0.05) is 6.07 Å². The summed E-state index contributed by atoms with van der Waals surface area (Å²) in [6.07, 6.45) is 1.01. The number of amides is 1. The van der Waals surface area contributed by atoms with Crippen LogP contribution in [0.4, 0.5) is 5.69 Å². The minimum Gasteiger partial charge on any atom is -0.497 e. The first-order chi connectivity index (χ1) is 14.7. The minimum absolute atomic E-state index is 0.187. The number of nitrogens with zero attached hydrogens (tertiary/aromatic N) is 2. The van der Waals surface area contributed by atoms with Crippen molar-refractivity contribution in [2.24, 2.45) is 5.10 Å². The summed E-state index contributed by atoms with van der Waals surface area (Å²) < 4.78 is 41.5. The Morgan fingerprint density at radius 2 is 1.71 bits per heavy atom. The zero-order chi connectivity index (χ0) is 23.0. The minimum atomic E-state index is -3.80. The Balaban J connectivity index is 2.19. The van der Waals surface area contributed by atoms with E-state index in [1.807, 2.05) is 19.1 Å². The second kappa shape index (κ2) is 10.7. The standard InChI is InChI=1S/C21H27N3O6S/c1-6-30-17-9-7-16(8-10-17)15(2)22-23-21(25)14-24(31(5,26)27)19-13-18(28-3)11-12-20(19)29-4/h7-13H,6,14H2,1-5H3,(H,23,25)/b22-15-. The summed E-state index contributed by atoms with van der Waals surface area (Å²) in [4.78, 5) is 12.5. The molecule has 0 spiro atoms. The van der Waals surface area contributed by atoms with Gasteiger partial charge in [-0.15, -0.1) is 0 Å². The summed E-state index contributed by atoms with van der Waals surface area (Å²) in [5, 5.41) is 4.07. The van der Waals surface area contributed by atoms with E-state index in [1.165, 1.54) is 20.3 Å². The molecule has 0 bridgehead atoms. The fraction of sp³-hybridized carbons (Fsp3) is 0.333. The van der Waals surface area contributed by atoms with Crippen molar-refractivity contribution in [3.8, 4) is 17.2 Å². The van der Waals surface area contributed by atoms with Gasteiger partial charge in [0.15, 0.2) is 0 Å². The van der Waals surface area contributed by atoms with Gasteiger partial charge in [-0.05, 0) is 55.8 Å². The van der Waals surface area contributed by atoms with Crippen molar-refractivity contribution in [1.29, 1.82) is 0 Å². The average molecular weight is 450 g/mol. The highest BCUT2D eigenvalue weighted by Crippen LogP contribution is 2.33. The normalized spacial score (nSPS) is 11.6. The molecule has 31 heavy (non-hydrogen) atoms. The van der Waals surface area contributed by atoms with Crippen LogP contribution in [0.25, 0.3) is 0 Å². The van der Waals surface area contributed by atoms with E-state index in [2.05, 4.69) is 10.5 Å². The predicted octanol–water partition coefficient (Wildman–Crippen LogP) is 2.41. The Morgan fingerprint density at radius 1 is 1.06 bits per heavy atom. The second-order valence-corrected chi connectivity index (χ2v) is 8.40. The maximum atomic E-state index is 12.5. The van der Waals surface area contributed by atoms with Crippen LogP contribution in [0, 0.1) is 0 Å². The Kier molecular flexibility index (Phi) is 8.26. The van der Waals surface area contributed by atoms with Gasteiger partial charge in [-0.3, -0.25) is 9.10 Å². The number of carbonyl (C=O) groups is 1. The third kappa shape index (κ3) is 6.61. The van der Waals surface area contributed by atoms with Crippen molar-refractivity contribution in [1.82, 2.24) is 5.43 Å². The number of hydrogen-bond donors (Lipinski definition) is 1. The van der Waals surface area contributed by atoms with Crippen molar-refractivity contribution < 1.29 is 27.4 Å². The first kappa shape index (κ1) is 24.0. The molecule has 0 atom stereocenters. The number of anilines is 1. The van der Waals surface area contributed by atoms with Crippen molar-refractivity contribution in [2.45, 2.75) is 13.8 Å². The highest BCUT2D eigenvalue weighted by atomic mass is 32.2. The van der Waals surface area contributed by atoms with Gasteiger partial charge in [-0.2, -0.15) is 5.10 Å². The summed E-state index contributed by atoms with van der Waals surface area (Å²) >= 11 is 0. The molecule has 0 aliphatic rings. The van der Waals surface area contributed by atoms with Crippen molar-refractivity contribution in [3.63, 3.8) is 0 Å². The quantitative estimate of drug-likeness (QED) is 0.441. The van der Waals surface area contributed by atoms with Crippen LogP contribution in [0.1, 0.15) is 19.4 Å². The number of rotatable bonds is 10. The zero-order valence-corrected chi connectivity index (χ0v) is 19.0. The van der Waals surface area contributed by atoms with Gasteiger partial charge in [0.2, 0.25) is 10.0 Å². The molecule has 1 N–H and O–H groups in total. The van der Waals surface area contributed by atoms with E-state index < -0.39 is 22.5 Å². The summed E-state index contributed by atoms with van der Waals surface area (Å²) in [5.41, 5.74) is 3.93. The molecule has 0 radical (unpaired) electrons. The van der Waals surface area contributed by atoms with Crippen LogP contribution < -0.4 is 23.9 Å². The molecule has 2 aromatic rings. The lowest BCUT2D eigenvalue weighted by molar-refractivity contribution is -0.119. The summed E-state index contributed by atoms with van der Waals surface area (Å²) in [5.74, 6) is 0.835. The van der Waals surface area contributed by atoms with Crippen molar-refractivity contribution in [3.05, 3.63) is 48.0 Å². The lowest BCUT2D eigenvalue weighted by atomic mass is 10.1. The van der Waals surface area contributed by atoms with Crippen LogP contribution in [0.2, 0.25) is 0 Å². The molecule has 0 unspecified atom stereocenters. The molecule has 168 valence electrons. The molecule has 0 saturated carbocycles. The Labute approximate surface area is 182 Å². The number of benzene rings is 2. The molecule has 9 nitrogen and oxygen atoms in total. The van der Waals surface area contributed by atoms with Crippen molar-refractivity contribution >= 4 is 27.3 Å². The Bertz CT molecular complexity index is 1040. The average Bonchev–Trinajstić information content (AvgIpc) is 2.75. The van der Waals surface area contributed by atoms with Gasteiger partial charge in [-0.25, -0.2) is 13.8 Å². The topological polar surface area (TPSA) is 107 Å². The van der Waals surface area contributed by atoms with Crippen LogP contribution in [-0.4, -0.2) is 53.7 Å². The largest absolute Gasteiger partial charge is 0.497 e. The Morgan fingerprint density at radius 3 is 2.26 bits per heavy atom. The number of ether oxygens (including phenoxy) is 3. The fourth-order valence-corrected chi connectivity index (χ4v) is 3.56. The highest BCUT2D eigenvalue weighted by molar-refractivity contribution is 7.92. The molecule has 0 aromatic heterocycles. The van der Waals surface area contributed by atoms with Crippen LogP contribution in [0.5, 0.6) is 17.2 Å². The number of sulfonamides is 1. The molecule has 10 heteroatoms. The summed E-state index contributed by atoms with van der Waals surface area (Å²) in [6, 6.07) is 11.9. The molecule has 0 aliphatic carbocycles. The fourth-order valence-electron chi connectivity index (χ4n) is 2.71. The van der Waals surface area contributed by atoms with Gasteiger partial charge in [0.1, 0.15) is 23.8 Å². The Hall–Kier alpha value is -3.27. The number of hydrogen-bond acceptors (Lipinski definition) is 7. The third-order valence-electron chi connectivity index (χ3n) is 4.27. The molecule has 2 aromatic carbocycles. The molecule has 2 rings (SSSR count). The van der Waals surface area contributed by atoms with E-state index in [0.29, 0.717) is 18.1 Å². The van der Waals surface area contributed by atoms with Gasteiger partial charge in [0.05, 0.1) is 38.5 Å². The van der Waals surface area contributed by atoms with Crippen molar-refractivity contribution in [2.75, 3.05) is 37.9 Å². The molecule has 0 aliphatic heterocycles. The molecular formula is C21H27N3O6S. The van der Waals surface area contributed by atoms with E-state index in [-0.39, 0.29) is 11.4 Å². The van der Waals surface area contributed by atoms with Crippen LogP contribution in [-0.2, 0) is 14.8 Å². The van der Waals surface area contributed by atoms with Gasteiger partial charge >= 0.3 is 0 Å². The van der Waals surface area contributed by atoms with Crippen LogP contribution in [0.15, 0.2) is 47.6 Å². The van der Waals surface area contributed by atoms with Gasteiger partial charge in [0.25, 0.3) is 5.91 Å². The molecule has 0 fully saturated rings.